The van der Waals surface area contributed by atoms with Gasteiger partial charge in [0.05, 0.1) is 6.61 Å². The molecule has 20 heavy (non-hydrogen) atoms. The Morgan fingerprint density at radius 3 is 2.15 bits per heavy atom. The molecule has 0 saturated carbocycles. The summed E-state index contributed by atoms with van der Waals surface area (Å²) in [4.78, 5) is 0. The van der Waals surface area contributed by atoms with Gasteiger partial charge >= 0.3 is 0 Å². The van der Waals surface area contributed by atoms with Crippen molar-refractivity contribution in [1.82, 2.24) is 5.32 Å². The highest BCUT2D eigenvalue weighted by molar-refractivity contribution is 5.85. The van der Waals surface area contributed by atoms with E-state index in [4.69, 9.17) is 4.74 Å². The van der Waals surface area contributed by atoms with Gasteiger partial charge in [0.2, 0.25) is 0 Å². The molecule has 0 saturated heterocycles. The summed E-state index contributed by atoms with van der Waals surface area (Å²) in [6.07, 6.45) is 0.995. The first-order valence-corrected chi connectivity index (χ1v) is 6.71. The highest BCUT2D eigenvalue weighted by atomic mass is 35.5. The van der Waals surface area contributed by atoms with Gasteiger partial charge in [0.25, 0.3) is 0 Å². The zero-order chi connectivity index (χ0) is 13.3. The van der Waals surface area contributed by atoms with E-state index in [1.54, 1.807) is 7.11 Å². The van der Waals surface area contributed by atoms with E-state index in [2.05, 4.69) is 66.0 Å². The van der Waals surface area contributed by atoms with Crippen LogP contribution in [0.25, 0.3) is 0 Å². The average Bonchev–Trinajstić information content (AvgIpc) is 2.48. The molecule has 1 N–H and O–H groups in total. The fraction of sp³-hybridized carbons (Fsp3) is 0.294. The molecule has 0 heterocycles. The molecule has 0 spiro atoms. The molecule has 1 unspecified atom stereocenters. The summed E-state index contributed by atoms with van der Waals surface area (Å²) in [5.41, 5.74) is 2.67. The maximum absolute atomic E-state index is 5.12. The fourth-order valence-corrected chi connectivity index (χ4v) is 2.18. The van der Waals surface area contributed by atoms with Crippen molar-refractivity contribution in [3.05, 3.63) is 71.8 Å². The molecule has 0 fully saturated rings. The molecule has 0 aliphatic rings. The molecule has 2 aromatic carbocycles. The van der Waals surface area contributed by atoms with Crippen molar-refractivity contribution in [2.24, 2.45) is 0 Å². The molecule has 0 aliphatic carbocycles. The first-order valence-electron chi connectivity index (χ1n) is 6.71. The lowest BCUT2D eigenvalue weighted by atomic mass is 9.99. The molecule has 2 rings (SSSR count). The minimum absolute atomic E-state index is 0. The monoisotopic (exact) mass is 291 g/mol. The molecule has 1 atom stereocenters. The molecule has 3 heteroatoms. The summed E-state index contributed by atoms with van der Waals surface area (Å²) >= 11 is 0. The molecule has 0 amide bonds. The normalized spacial score (nSPS) is 11.7. The SMILES string of the molecule is COCCNC(Cc1ccccc1)c1ccccc1.Cl. The second-order valence-corrected chi connectivity index (χ2v) is 4.60. The van der Waals surface area contributed by atoms with Gasteiger partial charge in [0.1, 0.15) is 0 Å². The van der Waals surface area contributed by atoms with E-state index in [9.17, 15) is 0 Å². The third-order valence-corrected chi connectivity index (χ3v) is 3.18. The minimum Gasteiger partial charge on any atom is -0.383 e. The number of ether oxygens (including phenoxy) is 1. The Morgan fingerprint density at radius 2 is 1.55 bits per heavy atom. The summed E-state index contributed by atoms with van der Waals surface area (Å²) < 4.78 is 5.12. The topological polar surface area (TPSA) is 21.3 Å². The van der Waals surface area contributed by atoms with Gasteiger partial charge in [-0.1, -0.05) is 60.7 Å². The Morgan fingerprint density at radius 1 is 0.950 bits per heavy atom. The number of halogens is 1. The third kappa shape index (κ3) is 5.33. The van der Waals surface area contributed by atoms with Crippen molar-refractivity contribution in [2.45, 2.75) is 12.5 Å². The minimum atomic E-state index is 0. The van der Waals surface area contributed by atoms with Crippen LogP contribution in [0, 0.1) is 0 Å². The van der Waals surface area contributed by atoms with Gasteiger partial charge in [0, 0.05) is 19.7 Å². The van der Waals surface area contributed by atoms with Crippen molar-refractivity contribution >= 4 is 12.4 Å². The lowest BCUT2D eigenvalue weighted by molar-refractivity contribution is 0.195. The van der Waals surface area contributed by atoms with Gasteiger partial charge in [-0.2, -0.15) is 0 Å². The smallest absolute Gasteiger partial charge is 0.0587 e. The fourth-order valence-electron chi connectivity index (χ4n) is 2.18. The lowest BCUT2D eigenvalue weighted by Gasteiger charge is -2.19. The van der Waals surface area contributed by atoms with Gasteiger partial charge in [-0.3, -0.25) is 0 Å². The van der Waals surface area contributed by atoms with E-state index in [0.29, 0.717) is 6.04 Å². The van der Waals surface area contributed by atoms with Crippen LogP contribution in [0.5, 0.6) is 0 Å². The Bertz CT molecular complexity index is 461. The first-order chi connectivity index (χ1) is 9.40. The van der Waals surface area contributed by atoms with Crippen LogP contribution in [0.3, 0.4) is 0 Å². The summed E-state index contributed by atoms with van der Waals surface area (Å²) in [5.74, 6) is 0. The molecular weight excluding hydrogens is 270 g/mol. The zero-order valence-electron chi connectivity index (χ0n) is 11.8. The number of hydrogen-bond donors (Lipinski definition) is 1. The van der Waals surface area contributed by atoms with Crippen molar-refractivity contribution in [3.63, 3.8) is 0 Å². The summed E-state index contributed by atoms with van der Waals surface area (Å²) in [6.45, 7) is 1.60. The van der Waals surface area contributed by atoms with E-state index >= 15 is 0 Å². The molecule has 2 aromatic rings. The van der Waals surface area contributed by atoms with E-state index < -0.39 is 0 Å². The van der Waals surface area contributed by atoms with Crippen LogP contribution in [-0.2, 0) is 11.2 Å². The first kappa shape index (κ1) is 16.7. The van der Waals surface area contributed by atoms with Gasteiger partial charge in [-0.05, 0) is 17.5 Å². The van der Waals surface area contributed by atoms with Crippen LogP contribution >= 0.6 is 12.4 Å². The van der Waals surface area contributed by atoms with Gasteiger partial charge in [-0.15, -0.1) is 12.4 Å². The average molecular weight is 292 g/mol. The summed E-state index contributed by atoms with van der Waals surface area (Å²) in [5, 5.41) is 3.56. The zero-order valence-corrected chi connectivity index (χ0v) is 12.6. The molecule has 2 nitrogen and oxygen atoms in total. The Kier molecular flexibility index (Phi) is 7.97. The van der Waals surface area contributed by atoms with Crippen molar-refractivity contribution in [3.8, 4) is 0 Å². The number of rotatable bonds is 7. The standard InChI is InChI=1S/C17H21NO.ClH/c1-19-13-12-18-17(16-10-6-3-7-11-16)14-15-8-4-2-5-9-15;/h2-11,17-18H,12-14H2,1H3;1H. The van der Waals surface area contributed by atoms with Crippen molar-refractivity contribution in [2.75, 3.05) is 20.3 Å². The molecule has 108 valence electrons. The van der Waals surface area contributed by atoms with E-state index in [0.717, 1.165) is 19.6 Å². The third-order valence-electron chi connectivity index (χ3n) is 3.18. The van der Waals surface area contributed by atoms with E-state index in [1.807, 2.05) is 0 Å². The largest absolute Gasteiger partial charge is 0.383 e. The molecule has 0 aliphatic heterocycles. The lowest BCUT2D eigenvalue weighted by Crippen LogP contribution is -2.26. The van der Waals surface area contributed by atoms with Crippen LogP contribution in [0.15, 0.2) is 60.7 Å². The van der Waals surface area contributed by atoms with Gasteiger partial charge in [-0.25, -0.2) is 0 Å². The highest BCUT2D eigenvalue weighted by Gasteiger charge is 2.10. The number of nitrogens with one attached hydrogen (secondary N) is 1. The maximum atomic E-state index is 5.12. The van der Waals surface area contributed by atoms with Crippen LogP contribution in [-0.4, -0.2) is 20.3 Å². The van der Waals surface area contributed by atoms with Crippen molar-refractivity contribution < 1.29 is 4.74 Å². The molecule has 0 aromatic heterocycles. The molecule has 0 bridgehead atoms. The highest BCUT2D eigenvalue weighted by Crippen LogP contribution is 2.17. The van der Waals surface area contributed by atoms with Crippen LogP contribution < -0.4 is 5.32 Å². The predicted molar refractivity (Wildman–Crippen MR) is 86.5 cm³/mol. The van der Waals surface area contributed by atoms with Gasteiger partial charge in [0.15, 0.2) is 0 Å². The Labute approximate surface area is 127 Å². The van der Waals surface area contributed by atoms with Crippen LogP contribution in [0.2, 0.25) is 0 Å². The molecular formula is C17H22ClNO. The maximum Gasteiger partial charge on any atom is 0.0587 e. The van der Waals surface area contributed by atoms with E-state index in [1.165, 1.54) is 11.1 Å². The second-order valence-electron chi connectivity index (χ2n) is 4.60. The number of hydrogen-bond acceptors (Lipinski definition) is 2. The Hall–Kier alpha value is -1.35. The second kappa shape index (κ2) is 9.54. The summed E-state index contributed by atoms with van der Waals surface area (Å²) in [7, 11) is 1.73. The number of methoxy groups -OCH3 is 1. The summed E-state index contributed by atoms with van der Waals surface area (Å²) in [6, 6.07) is 21.5. The quantitative estimate of drug-likeness (QED) is 0.787. The van der Waals surface area contributed by atoms with Gasteiger partial charge < -0.3 is 10.1 Å². The number of benzene rings is 2. The molecule has 0 radical (unpaired) electrons. The van der Waals surface area contributed by atoms with Crippen LogP contribution in [0.4, 0.5) is 0 Å². The Balaban J connectivity index is 0.00000200. The van der Waals surface area contributed by atoms with Crippen molar-refractivity contribution in [1.29, 1.82) is 0 Å². The predicted octanol–water partition coefficient (Wildman–Crippen LogP) is 3.63. The van der Waals surface area contributed by atoms with E-state index in [-0.39, 0.29) is 12.4 Å². The van der Waals surface area contributed by atoms with Crippen LogP contribution in [0.1, 0.15) is 17.2 Å².